The summed E-state index contributed by atoms with van der Waals surface area (Å²) in [5, 5.41) is 8.27. The number of amides is 2. The van der Waals surface area contributed by atoms with Crippen molar-refractivity contribution in [3.63, 3.8) is 0 Å². The zero-order valence-corrected chi connectivity index (χ0v) is 15.5. The lowest BCUT2D eigenvalue weighted by atomic mass is 10.1. The van der Waals surface area contributed by atoms with Gasteiger partial charge in [-0.2, -0.15) is 0 Å². The second-order valence-corrected chi connectivity index (χ2v) is 7.07. The van der Waals surface area contributed by atoms with Crippen molar-refractivity contribution in [3.8, 4) is 0 Å². The number of halogens is 1. The molecule has 0 heterocycles. The van der Waals surface area contributed by atoms with Crippen LogP contribution in [0.2, 0.25) is 0 Å². The molecule has 2 amide bonds. The number of thiocarbonyl (C=S) groups is 1. The van der Waals surface area contributed by atoms with E-state index in [9.17, 15) is 14.0 Å². The van der Waals surface area contributed by atoms with Crippen LogP contribution in [0.3, 0.4) is 0 Å². The van der Waals surface area contributed by atoms with Crippen LogP contribution in [-0.4, -0.2) is 22.5 Å². The monoisotopic (exact) mass is 373 g/mol. The summed E-state index contributed by atoms with van der Waals surface area (Å²) in [7, 11) is 0. The molecule has 0 aliphatic rings. The molecule has 0 bridgehead atoms. The van der Waals surface area contributed by atoms with Gasteiger partial charge < -0.3 is 10.6 Å². The summed E-state index contributed by atoms with van der Waals surface area (Å²) in [4.78, 5) is 24.5. The molecule has 0 saturated carbocycles. The third-order valence-corrected chi connectivity index (χ3v) is 3.45. The van der Waals surface area contributed by atoms with E-state index in [1.54, 1.807) is 24.3 Å². The molecule has 2 aromatic carbocycles. The van der Waals surface area contributed by atoms with Crippen LogP contribution >= 0.6 is 12.2 Å². The van der Waals surface area contributed by atoms with Gasteiger partial charge in [0.05, 0.1) is 11.3 Å². The van der Waals surface area contributed by atoms with Gasteiger partial charge in [-0.25, -0.2) is 4.39 Å². The predicted molar refractivity (Wildman–Crippen MR) is 104 cm³/mol. The molecule has 2 aromatic rings. The van der Waals surface area contributed by atoms with Gasteiger partial charge in [0.1, 0.15) is 5.82 Å². The smallest absolute Gasteiger partial charge is 0.257 e. The van der Waals surface area contributed by atoms with Crippen LogP contribution in [-0.2, 0) is 0 Å². The first-order valence-corrected chi connectivity index (χ1v) is 8.36. The molecule has 0 aliphatic heterocycles. The topological polar surface area (TPSA) is 70.2 Å². The van der Waals surface area contributed by atoms with E-state index in [1.807, 2.05) is 20.8 Å². The summed E-state index contributed by atoms with van der Waals surface area (Å²) in [6, 6.07) is 11.9. The number of para-hydroxylation sites is 1. The number of anilines is 1. The number of carbonyl (C=O) groups is 2. The Bertz CT molecular complexity index is 829. The third kappa shape index (κ3) is 5.63. The number of hydrogen-bond acceptors (Lipinski definition) is 3. The molecule has 0 radical (unpaired) electrons. The molecule has 7 heteroatoms. The molecule has 5 nitrogen and oxygen atoms in total. The minimum Gasteiger partial charge on any atom is -0.347 e. The van der Waals surface area contributed by atoms with E-state index in [2.05, 4.69) is 16.0 Å². The van der Waals surface area contributed by atoms with Gasteiger partial charge in [0.15, 0.2) is 5.11 Å². The Labute approximate surface area is 157 Å². The summed E-state index contributed by atoms with van der Waals surface area (Å²) in [5.41, 5.74) is 0.760. The van der Waals surface area contributed by atoms with Crippen molar-refractivity contribution in [1.82, 2.24) is 10.6 Å². The number of nitrogens with one attached hydrogen (secondary N) is 3. The van der Waals surface area contributed by atoms with Crippen LogP contribution in [0.1, 0.15) is 41.5 Å². The SMILES string of the molecule is CC(C)(C)NC(=O)c1ccccc1NC(=S)NC(=O)c1ccc(F)cc1. The Morgan fingerprint density at radius 2 is 1.58 bits per heavy atom. The Hall–Kier alpha value is -2.80. The van der Waals surface area contributed by atoms with Crippen molar-refractivity contribution in [3.05, 3.63) is 65.5 Å². The highest BCUT2D eigenvalue weighted by Crippen LogP contribution is 2.16. The van der Waals surface area contributed by atoms with E-state index in [-0.39, 0.29) is 22.1 Å². The van der Waals surface area contributed by atoms with E-state index in [1.165, 1.54) is 24.3 Å². The lowest BCUT2D eigenvalue weighted by molar-refractivity contribution is 0.0919. The van der Waals surface area contributed by atoms with Gasteiger partial charge in [0, 0.05) is 11.1 Å². The summed E-state index contributed by atoms with van der Waals surface area (Å²) >= 11 is 5.15. The molecule has 0 aliphatic carbocycles. The Balaban J connectivity index is 2.08. The van der Waals surface area contributed by atoms with Gasteiger partial charge in [0.25, 0.3) is 11.8 Å². The molecule has 0 fully saturated rings. The van der Waals surface area contributed by atoms with E-state index in [4.69, 9.17) is 12.2 Å². The summed E-state index contributed by atoms with van der Waals surface area (Å²) in [6.45, 7) is 5.65. The quantitative estimate of drug-likeness (QED) is 0.721. The highest BCUT2D eigenvalue weighted by atomic mass is 32.1. The highest BCUT2D eigenvalue weighted by molar-refractivity contribution is 7.80. The van der Waals surface area contributed by atoms with Gasteiger partial charge in [-0.05, 0) is 69.4 Å². The highest BCUT2D eigenvalue weighted by Gasteiger charge is 2.18. The maximum Gasteiger partial charge on any atom is 0.257 e. The second-order valence-electron chi connectivity index (χ2n) is 6.66. The minimum absolute atomic E-state index is 0.0373. The van der Waals surface area contributed by atoms with Crippen LogP contribution in [0.5, 0.6) is 0 Å². The first kappa shape index (κ1) is 19.5. The largest absolute Gasteiger partial charge is 0.347 e. The van der Waals surface area contributed by atoms with Gasteiger partial charge in [-0.3, -0.25) is 14.9 Å². The van der Waals surface area contributed by atoms with Crippen LogP contribution in [0.4, 0.5) is 10.1 Å². The minimum atomic E-state index is -0.473. The fourth-order valence-electron chi connectivity index (χ4n) is 2.13. The summed E-state index contributed by atoms with van der Waals surface area (Å²) < 4.78 is 12.9. The predicted octanol–water partition coefficient (Wildman–Crippen LogP) is 3.48. The Kier molecular flexibility index (Phi) is 6.05. The molecule has 0 spiro atoms. The number of benzene rings is 2. The van der Waals surface area contributed by atoms with Gasteiger partial charge in [0.2, 0.25) is 0 Å². The fourth-order valence-corrected chi connectivity index (χ4v) is 2.33. The van der Waals surface area contributed by atoms with E-state index in [0.717, 1.165) is 0 Å². The van der Waals surface area contributed by atoms with E-state index >= 15 is 0 Å². The lowest BCUT2D eigenvalue weighted by Crippen LogP contribution is -2.41. The number of carbonyl (C=O) groups excluding carboxylic acids is 2. The Morgan fingerprint density at radius 1 is 0.962 bits per heavy atom. The van der Waals surface area contributed by atoms with E-state index in [0.29, 0.717) is 11.3 Å². The van der Waals surface area contributed by atoms with Crippen molar-refractivity contribution >= 4 is 34.8 Å². The van der Waals surface area contributed by atoms with Gasteiger partial charge in [-0.1, -0.05) is 12.1 Å². The van der Waals surface area contributed by atoms with Gasteiger partial charge >= 0.3 is 0 Å². The molecule has 3 N–H and O–H groups in total. The second kappa shape index (κ2) is 8.05. The lowest BCUT2D eigenvalue weighted by Gasteiger charge is -2.21. The van der Waals surface area contributed by atoms with Gasteiger partial charge in [-0.15, -0.1) is 0 Å². The maximum absolute atomic E-state index is 12.9. The average Bonchev–Trinajstić information content (AvgIpc) is 2.54. The van der Waals surface area contributed by atoms with Crippen LogP contribution < -0.4 is 16.0 Å². The molecule has 0 atom stereocenters. The zero-order valence-electron chi connectivity index (χ0n) is 14.7. The average molecular weight is 373 g/mol. The van der Waals surface area contributed by atoms with Crippen molar-refractivity contribution in [2.45, 2.75) is 26.3 Å². The van der Waals surface area contributed by atoms with Crippen molar-refractivity contribution in [2.75, 3.05) is 5.32 Å². The van der Waals surface area contributed by atoms with Crippen LogP contribution in [0.25, 0.3) is 0 Å². The number of rotatable bonds is 3. The molecule has 2 rings (SSSR count). The third-order valence-electron chi connectivity index (χ3n) is 3.24. The first-order valence-electron chi connectivity index (χ1n) is 7.95. The summed E-state index contributed by atoms with van der Waals surface area (Å²) in [5.74, 6) is -1.16. The summed E-state index contributed by atoms with van der Waals surface area (Å²) in [6.07, 6.45) is 0. The van der Waals surface area contributed by atoms with Crippen LogP contribution in [0, 0.1) is 5.82 Å². The molecule has 0 unspecified atom stereocenters. The normalized spacial score (nSPS) is 10.8. The van der Waals surface area contributed by atoms with Crippen molar-refractivity contribution < 1.29 is 14.0 Å². The number of hydrogen-bond donors (Lipinski definition) is 3. The van der Waals surface area contributed by atoms with Crippen LogP contribution in [0.15, 0.2) is 48.5 Å². The first-order chi connectivity index (χ1) is 12.2. The molecular formula is C19H20FN3O2S. The molecule has 0 aromatic heterocycles. The van der Waals surface area contributed by atoms with Crippen molar-refractivity contribution in [1.29, 1.82) is 0 Å². The fraction of sp³-hybridized carbons (Fsp3) is 0.211. The standard InChI is InChI=1S/C19H20FN3O2S/c1-19(2,3)23-17(25)14-6-4-5-7-15(14)21-18(26)22-16(24)12-8-10-13(20)11-9-12/h4-11H,1-3H3,(H,23,25)(H2,21,22,24,26). The van der Waals surface area contributed by atoms with E-state index < -0.39 is 11.7 Å². The van der Waals surface area contributed by atoms with Crippen molar-refractivity contribution in [2.24, 2.45) is 0 Å². The molecule has 26 heavy (non-hydrogen) atoms. The molecular weight excluding hydrogens is 353 g/mol. The zero-order chi connectivity index (χ0) is 19.3. The molecule has 0 saturated heterocycles. The molecule has 136 valence electrons. The maximum atomic E-state index is 12.9. The Morgan fingerprint density at radius 3 is 2.19 bits per heavy atom.